The van der Waals surface area contributed by atoms with E-state index in [1.165, 1.54) is 41.8 Å². The number of aromatic nitrogens is 2. The van der Waals surface area contributed by atoms with Crippen LogP contribution in [0.15, 0.2) is 77.8 Å². The first kappa shape index (κ1) is 24.0. The summed E-state index contributed by atoms with van der Waals surface area (Å²) in [5.41, 5.74) is 1.85. The summed E-state index contributed by atoms with van der Waals surface area (Å²) in [6, 6.07) is 17.9. The fraction of sp³-hybridized carbons (Fsp3) is 0.154. The number of nitrogens with zero attached hydrogens (tertiary/aromatic N) is 2. The molecule has 0 bridgehead atoms. The number of hydrogen-bond acceptors (Lipinski definition) is 6. The first-order valence-corrected chi connectivity index (χ1v) is 13.7. The van der Waals surface area contributed by atoms with Crippen molar-refractivity contribution >= 4 is 53.3 Å². The van der Waals surface area contributed by atoms with Crippen LogP contribution in [0.25, 0.3) is 21.1 Å². The second-order valence-electron chi connectivity index (χ2n) is 8.15. The molecule has 0 fully saturated rings. The molecule has 0 aliphatic rings. The van der Waals surface area contributed by atoms with E-state index in [2.05, 4.69) is 10.3 Å². The minimum absolute atomic E-state index is 0.0906. The fourth-order valence-electron chi connectivity index (χ4n) is 4.00. The van der Waals surface area contributed by atoms with E-state index < -0.39 is 15.7 Å². The van der Waals surface area contributed by atoms with Gasteiger partial charge in [-0.3, -0.25) is 4.79 Å². The van der Waals surface area contributed by atoms with Gasteiger partial charge in [-0.25, -0.2) is 17.8 Å². The molecule has 2 heterocycles. The summed E-state index contributed by atoms with van der Waals surface area (Å²) in [6.45, 7) is 2.37. The molecule has 0 radical (unpaired) electrons. The van der Waals surface area contributed by atoms with E-state index in [4.69, 9.17) is 4.74 Å². The summed E-state index contributed by atoms with van der Waals surface area (Å²) in [4.78, 5) is 17.5. The third-order valence-corrected chi connectivity index (χ3v) is 8.23. The van der Waals surface area contributed by atoms with Crippen molar-refractivity contribution < 1.29 is 22.3 Å². The van der Waals surface area contributed by atoms with Crippen molar-refractivity contribution in [2.45, 2.75) is 24.1 Å². The molecule has 10 heteroatoms. The van der Waals surface area contributed by atoms with Crippen molar-refractivity contribution in [1.82, 2.24) is 9.55 Å². The molecule has 5 aromatic rings. The highest BCUT2D eigenvalue weighted by molar-refractivity contribution is 7.90. The predicted octanol–water partition coefficient (Wildman–Crippen LogP) is 5.40. The molecule has 7 nitrogen and oxygen atoms in total. The van der Waals surface area contributed by atoms with Gasteiger partial charge in [-0.15, -0.1) is 0 Å². The van der Waals surface area contributed by atoms with E-state index in [0.717, 1.165) is 16.0 Å². The minimum atomic E-state index is -3.75. The van der Waals surface area contributed by atoms with Crippen LogP contribution in [-0.4, -0.2) is 30.5 Å². The Morgan fingerprint density at radius 2 is 1.89 bits per heavy atom. The average Bonchev–Trinajstić information content (AvgIpc) is 3.42. The Bertz CT molecular complexity index is 1670. The van der Waals surface area contributed by atoms with Crippen LogP contribution in [0.4, 0.5) is 9.52 Å². The van der Waals surface area contributed by atoms with E-state index in [9.17, 15) is 17.6 Å². The molecule has 1 amide bonds. The van der Waals surface area contributed by atoms with Gasteiger partial charge < -0.3 is 14.6 Å². The number of thiazole rings is 1. The van der Waals surface area contributed by atoms with Gasteiger partial charge in [0.05, 0.1) is 27.5 Å². The van der Waals surface area contributed by atoms with E-state index >= 15 is 0 Å². The summed E-state index contributed by atoms with van der Waals surface area (Å²) in [6.07, 6.45) is 1.48. The number of hydrogen-bond donors (Lipinski definition) is 1. The van der Waals surface area contributed by atoms with Gasteiger partial charge in [0, 0.05) is 17.1 Å². The molecule has 184 valence electrons. The monoisotopic (exact) mass is 523 g/mol. The van der Waals surface area contributed by atoms with Crippen molar-refractivity contribution in [2.24, 2.45) is 0 Å². The molecule has 0 aliphatic carbocycles. The van der Waals surface area contributed by atoms with Crippen molar-refractivity contribution in [3.05, 3.63) is 84.3 Å². The molecule has 36 heavy (non-hydrogen) atoms. The maximum atomic E-state index is 13.2. The van der Waals surface area contributed by atoms with Crippen molar-refractivity contribution in [1.29, 1.82) is 0 Å². The van der Waals surface area contributed by atoms with E-state index in [1.54, 1.807) is 28.8 Å². The summed E-state index contributed by atoms with van der Waals surface area (Å²) in [5.74, 6) is -0.299. The summed E-state index contributed by atoms with van der Waals surface area (Å²) >= 11 is 1.34. The molecule has 2 aromatic heterocycles. The number of carbonyl (C=O) groups is 1. The second-order valence-corrected chi connectivity index (χ2v) is 11.1. The first-order chi connectivity index (χ1) is 17.3. The number of para-hydroxylation sites is 1. The topological polar surface area (TPSA) is 90.3 Å². The van der Waals surface area contributed by atoms with Crippen LogP contribution in [0.2, 0.25) is 0 Å². The number of halogens is 1. The van der Waals surface area contributed by atoms with Gasteiger partial charge in [0.15, 0.2) is 15.0 Å². The number of sulfone groups is 1. The van der Waals surface area contributed by atoms with Gasteiger partial charge in [-0.05, 0) is 48.9 Å². The highest BCUT2D eigenvalue weighted by Gasteiger charge is 2.22. The Kier molecular flexibility index (Phi) is 6.46. The zero-order valence-corrected chi connectivity index (χ0v) is 20.9. The standard InChI is InChI=1S/C26H22FN3O4S2/c1-2-34-19-11-12-21-23(13-19)35-26(28-21)29-25(31)15-30-14-24(20-5-3-4-6-22(20)30)36(32,33)16-17-7-9-18(27)10-8-17/h3-14H,2,15-16H2,1H3,(H,28,29,31). The molecule has 0 saturated heterocycles. The molecule has 0 atom stereocenters. The molecule has 0 aliphatic heterocycles. The number of amides is 1. The predicted molar refractivity (Wildman–Crippen MR) is 139 cm³/mol. The maximum Gasteiger partial charge on any atom is 0.246 e. The van der Waals surface area contributed by atoms with Crippen molar-refractivity contribution in [2.75, 3.05) is 11.9 Å². The Hall–Kier alpha value is -3.76. The second kappa shape index (κ2) is 9.71. The summed E-state index contributed by atoms with van der Waals surface area (Å²) in [7, 11) is -3.75. The van der Waals surface area contributed by atoms with Gasteiger partial charge in [-0.1, -0.05) is 41.7 Å². The van der Waals surface area contributed by atoms with Gasteiger partial charge in [0.2, 0.25) is 5.91 Å². The molecule has 5 rings (SSSR count). The van der Waals surface area contributed by atoms with E-state index in [0.29, 0.717) is 28.2 Å². The quantitative estimate of drug-likeness (QED) is 0.294. The largest absolute Gasteiger partial charge is 0.494 e. The van der Waals surface area contributed by atoms with Gasteiger partial charge in [0.1, 0.15) is 18.1 Å². The van der Waals surface area contributed by atoms with Gasteiger partial charge in [-0.2, -0.15) is 0 Å². The lowest BCUT2D eigenvalue weighted by molar-refractivity contribution is -0.116. The Morgan fingerprint density at radius 1 is 1.11 bits per heavy atom. The number of fused-ring (bicyclic) bond motifs is 2. The number of nitrogens with one attached hydrogen (secondary N) is 1. The number of benzene rings is 3. The van der Waals surface area contributed by atoms with Crippen LogP contribution in [0.3, 0.4) is 0 Å². The van der Waals surface area contributed by atoms with Crippen LogP contribution in [0.1, 0.15) is 12.5 Å². The maximum absolute atomic E-state index is 13.2. The SMILES string of the molecule is CCOc1ccc2nc(NC(=O)Cn3cc(S(=O)(=O)Cc4ccc(F)cc4)c4ccccc43)sc2c1. The minimum Gasteiger partial charge on any atom is -0.494 e. The number of ether oxygens (including phenoxy) is 1. The number of rotatable bonds is 8. The average molecular weight is 524 g/mol. The molecule has 3 aromatic carbocycles. The smallest absolute Gasteiger partial charge is 0.246 e. The van der Waals surface area contributed by atoms with Gasteiger partial charge >= 0.3 is 0 Å². The van der Waals surface area contributed by atoms with Crippen LogP contribution in [-0.2, 0) is 26.9 Å². The fourth-order valence-corrected chi connectivity index (χ4v) is 6.49. The highest BCUT2D eigenvalue weighted by Crippen LogP contribution is 2.30. The van der Waals surface area contributed by atoms with Crippen LogP contribution >= 0.6 is 11.3 Å². The number of carbonyl (C=O) groups excluding carboxylic acids is 1. The lowest BCUT2D eigenvalue weighted by atomic mass is 10.2. The lowest BCUT2D eigenvalue weighted by Crippen LogP contribution is -2.18. The third-order valence-electron chi connectivity index (χ3n) is 5.59. The number of anilines is 1. The van der Waals surface area contributed by atoms with Crippen LogP contribution < -0.4 is 10.1 Å². The Morgan fingerprint density at radius 3 is 2.67 bits per heavy atom. The normalized spacial score (nSPS) is 11.7. The zero-order valence-electron chi connectivity index (χ0n) is 19.3. The van der Waals surface area contributed by atoms with Crippen LogP contribution in [0, 0.1) is 5.82 Å². The van der Waals surface area contributed by atoms with Crippen molar-refractivity contribution in [3.63, 3.8) is 0 Å². The Labute approximate surface area is 211 Å². The Balaban J connectivity index is 1.39. The zero-order chi connectivity index (χ0) is 25.3. The van der Waals surface area contributed by atoms with Crippen molar-refractivity contribution in [3.8, 4) is 5.75 Å². The highest BCUT2D eigenvalue weighted by atomic mass is 32.2. The molecule has 0 spiro atoms. The molecular weight excluding hydrogens is 501 g/mol. The van der Waals surface area contributed by atoms with Gasteiger partial charge in [0.25, 0.3) is 0 Å². The van der Waals surface area contributed by atoms with E-state index in [1.807, 2.05) is 25.1 Å². The van der Waals surface area contributed by atoms with Crippen LogP contribution in [0.5, 0.6) is 5.75 Å². The molecular formula is C26H22FN3O4S2. The first-order valence-electron chi connectivity index (χ1n) is 11.2. The summed E-state index contributed by atoms with van der Waals surface area (Å²) in [5, 5.41) is 3.78. The molecule has 0 unspecified atom stereocenters. The molecule has 0 saturated carbocycles. The summed E-state index contributed by atoms with van der Waals surface area (Å²) < 4.78 is 47.7. The third kappa shape index (κ3) is 4.95. The lowest BCUT2D eigenvalue weighted by Gasteiger charge is -2.05. The molecule has 1 N–H and O–H groups in total. The van der Waals surface area contributed by atoms with E-state index in [-0.39, 0.29) is 23.1 Å².